The van der Waals surface area contributed by atoms with Gasteiger partial charge < -0.3 is 25.0 Å². The van der Waals surface area contributed by atoms with Gasteiger partial charge in [-0.1, -0.05) is 74.5 Å². The molecule has 12 heteroatoms. The Kier molecular flexibility index (Phi) is 13.5. The minimum absolute atomic E-state index is 0.0462. The first-order valence-electron chi connectivity index (χ1n) is 17.2. The van der Waals surface area contributed by atoms with Crippen LogP contribution in [0.5, 0.6) is 0 Å². The quantitative estimate of drug-likeness (QED) is 0.130. The average Bonchev–Trinajstić information content (AvgIpc) is 3.89. The first-order valence-corrected chi connectivity index (χ1v) is 19.0. The minimum Gasteiger partial charge on any atom is -0.444 e. The van der Waals surface area contributed by atoms with Crippen molar-refractivity contribution in [1.29, 1.82) is 0 Å². The summed E-state index contributed by atoms with van der Waals surface area (Å²) in [6, 6.07) is 18.8. The molecular formula is C38H47N5O5S2. The highest BCUT2D eigenvalue weighted by Gasteiger charge is 2.40. The van der Waals surface area contributed by atoms with Gasteiger partial charge >= 0.3 is 12.1 Å². The van der Waals surface area contributed by atoms with Crippen LogP contribution in [0.4, 0.5) is 9.59 Å². The number of Topliss-reactive ketones (excluding diaryl/α,β-unsaturated/α-hetero) is 1. The number of aliphatic hydroxyl groups is 1. The number of benzene rings is 2. The van der Waals surface area contributed by atoms with Crippen molar-refractivity contribution in [2.24, 2.45) is 5.92 Å². The first-order chi connectivity index (χ1) is 24.1. The normalized spacial score (nSPS) is 17.0. The number of nitrogens with one attached hydrogen (secondary N) is 1. The van der Waals surface area contributed by atoms with Gasteiger partial charge in [0.1, 0.15) is 6.61 Å². The topological polar surface area (TPSA) is 125 Å². The van der Waals surface area contributed by atoms with E-state index in [0.29, 0.717) is 38.1 Å². The van der Waals surface area contributed by atoms with Crippen LogP contribution in [0, 0.1) is 5.92 Å². The molecule has 5 rings (SSSR count). The Morgan fingerprint density at radius 1 is 1.02 bits per heavy atom. The van der Waals surface area contributed by atoms with E-state index in [-0.39, 0.29) is 49.8 Å². The molecule has 0 unspecified atom stereocenters. The second-order valence-corrected chi connectivity index (χ2v) is 15.3. The highest BCUT2D eigenvalue weighted by Crippen LogP contribution is 2.27. The summed E-state index contributed by atoms with van der Waals surface area (Å²) in [5.74, 6) is 0.202. The number of carbonyl (C=O) groups is 3. The number of hydrogen-bond acceptors (Lipinski definition) is 9. The summed E-state index contributed by atoms with van der Waals surface area (Å²) in [7, 11) is 1.71. The summed E-state index contributed by atoms with van der Waals surface area (Å²) < 4.78 is 5.50. The molecule has 10 nitrogen and oxygen atoms in total. The average molecular weight is 718 g/mol. The van der Waals surface area contributed by atoms with Crippen molar-refractivity contribution >= 4 is 40.6 Å². The van der Waals surface area contributed by atoms with Crippen LogP contribution in [0.15, 0.2) is 77.8 Å². The van der Waals surface area contributed by atoms with Gasteiger partial charge in [-0.05, 0) is 42.7 Å². The van der Waals surface area contributed by atoms with Gasteiger partial charge in [0, 0.05) is 50.0 Å². The number of β-amino-alcohol motifs (C(OH)–C–C–N with tert-alkyl or cyclic N) is 1. The summed E-state index contributed by atoms with van der Waals surface area (Å²) >= 11 is 3.01. The van der Waals surface area contributed by atoms with Crippen LogP contribution in [0.3, 0.4) is 0 Å². The van der Waals surface area contributed by atoms with Gasteiger partial charge in [0.05, 0.1) is 39.8 Å². The lowest BCUT2D eigenvalue weighted by atomic mass is 9.86. The molecule has 0 spiro atoms. The largest absolute Gasteiger partial charge is 0.444 e. The molecular weight excluding hydrogens is 671 g/mol. The van der Waals surface area contributed by atoms with E-state index >= 15 is 0 Å². The number of ether oxygens (including phenoxy) is 1. The summed E-state index contributed by atoms with van der Waals surface area (Å²) in [5.41, 5.74) is 4.72. The van der Waals surface area contributed by atoms with Crippen LogP contribution in [-0.4, -0.2) is 74.6 Å². The number of thiazole rings is 2. The lowest BCUT2D eigenvalue weighted by Gasteiger charge is -2.29. The zero-order chi connectivity index (χ0) is 35.5. The lowest BCUT2D eigenvalue weighted by molar-refractivity contribution is -0.123. The van der Waals surface area contributed by atoms with Crippen LogP contribution in [0.25, 0.3) is 0 Å². The van der Waals surface area contributed by atoms with E-state index in [9.17, 15) is 19.5 Å². The van der Waals surface area contributed by atoms with Crippen LogP contribution in [0.2, 0.25) is 0 Å². The van der Waals surface area contributed by atoms with Crippen molar-refractivity contribution in [1.82, 2.24) is 25.1 Å². The Bertz CT molecular complexity index is 1650. The van der Waals surface area contributed by atoms with E-state index in [4.69, 9.17) is 4.74 Å². The number of amides is 3. The summed E-state index contributed by atoms with van der Waals surface area (Å²) in [6.07, 6.45) is 3.46. The molecule has 0 saturated carbocycles. The summed E-state index contributed by atoms with van der Waals surface area (Å²) in [4.78, 5) is 53.3. The van der Waals surface area contributed by atoms with E-state index in [1.807, 2.05) is 53.9 Å². The molecule has 2 aromatic heterocycles. The molecule has 0 radical (unpaired) electrons. The minimum atomic E-state index is -0.767. The van der Waals surface area contributed by atoms with Crippen molar-refractivity contribution in [3.8, 4) is 0 Å². The van der Waals surface area contributed by atoms with E-state index in [1.165, 1.54) is 16.2 Å². The first kappa shape index (κ1) is 37.1. The van der Waals surface area contributed by atoms with Crippen LogP contribution in [0.1, 0.15) is 72.2 Å². The molecule has 266 valence electrons. The Morgan fingerprint density at radius 2 is 1.72 bits per heavy atom. The molecule has 3 amide bonds. The van der Waals surface area contributed by atoms with Crippen LogP contribution >= 0.6 is 22.7 Å². The van der Waals surface area contributed by atoms with Crippen molar-refractivity contribution < 1.29 is 24.2 Å². The van der Waals surface area contributed by atoms with Crippen molar-refractivity contribution in [2.45, 2.75) is 89.6 Å². The van der Waals surface area contributed by atoms with E-state index in [1.54, 1.807) is 35.0 Å². The molecule has 2 aromatic carbocycles. The molecule has 4 aromatic rings. The van der Waals surface area contributed by atoms with Crippen LogP contribution in [-0.2, 0) is 35.5 Å². The lowest BCUT2D eigenvalue weighted by Crippen LogP contribution is -2.47. The summed E-state index contributed by atoms with van der Waals surface area (Å²) in [6.45, 7) is 4.77. The smallest absolute Gasteiger partial charge is 0.407 e. The molecule has 50 heavy (non-hydrogen) atoms. The van der Waals surface area contributed by atoms with Gasteiger partial charge in [0.15, 0.2) is 5.78 Å². The van der Waals surface area contributed by atoms with Gasteiger partial charge in [-0.15, -0.1) is 22.7 Å². The summed E-state index contributed by atoms with van der Waals surface area (Å²) in [5, 5.41) is 16.7. The van der Waals surface area contributed by atoms with Gasteiger partial charge in [-0.25, -0.2) is 14.6 Å². The second kappa shape index (κ2) is 18.2. The second-order valence-electron chi connectivity index (χ2n) is 13.4. The molecule has 4 atom stereocenters. The molecule has 0 bridgehead atoms. The Hall–Kier alpha value is -4.13. The van der Waals surface area contributed by atoms with Crippen molar-refractivity contribution in [2.75, 3.05) is 13.6 Å². The van der Waals surface area contributed by atoms with Crippen LogP contribution < -0.4 is 5.32 Å². The van der Waals surface area contributed by atoms with E-state index in [0.717, 1.165) is 26.7 Å². The number of carbonyl (C=O) groups excluding carboxylic acids is 3. The number of likely N-dealkylation sites (tertiary alicyclic amines) is 1. The molecule has 1 aliphatic rings. The molecule has 1 aliphatic heterocycles. The number of rotatable bonds is 16. The predicted octanol–water partition coefficient (Wildman–Crippen LogP) is 6.85. The molecule has 0 aliphatic carbocycles. The number of aromatic nitrogens is 2. The fourth-order valence-corrected chi connectivity index (χ4v) is 7.72. The van der Waals surface area contributed by atoms with Gasteiger partial charge in [-0.2, -0.15) is 0 Å². The highest BCUT2D eigenvalue weighted by atomic mass is 32.1. The molecule has 1 saturated heterocycles. The number of nitrogens with zero attached hydrogens (tertiary/aromatic N) is 4. The number of ketones is 1. The van der Waals surface area contributed by atoms with Gasteiger partial charge in [0.25, 0.3) is 0 Å². The third-order valence-electron chi connectivity index (χ3n) is 8.94. The Balaban J connectivity index is 1.26. The predicted molar refractivity (Wildman–Crippen MR) is 196 cm³/mol. The monoisotopic (exact) mass is 717 g/mol. The van der Waals surface area contributed by atoms with Gasteiger partial charge in [-0.3, -0.25) is 9.78 Å². The molecule has 2 N–H and O–H groups in total. The van der Waals surface area contributed by atoms with E-state index in [2.05, 4.69) is 41.3 Å². The Labute approximate surface area is 302 Å². The van der Waals surface area contributed by atoms with Gasteiger partial charge in [0.2, 0.25) is 0 Å². The zero-order valence-corrected chi connectivity index (χ0v) is 30.6. The fourth-order valence-electron chi connectivity index (χ4n) is 6.38. The molecule has 3 heterocycles. The fraction of sp³-hybridized carbons (Fsp3) is 0.447. The number of alkyl carbamates (subject to hydrolysis) is 1. The van der Waals surface area contributed by atoms with E-state index < -0.39 is 18.2 Å². The third kappa shape index (κ3) is 10.9. The molecule has 1 fully saturated rings. The SMILES string of the molecule is CC(C)c1nc(CN(C)C(=O)N2C[C@H](O)C[C@H]2C(=O)C[C@@H](CC[C@@H](Cc2ccccc2)NC(=O)OCc2cncs2)Cc2ccccc2)cs1. The van der Waals surface area contributed by atoms with Crippen molar-refractivity contribution in [3.63, 3.8) is 0 Å². The Morgan fingerprint density at radius 3 is 2.36 bits per heavy atom. The number of aliphatic hydroxyl groups excluding tert-OH is 1. The zero-order valence-electron chi connectivity index (χ0n) is 28.9. The maximum absolute atomic E-state index is 14.0. The number of urea groups is 1. The maximum atomic E-state index is 14.0. The highest BCUT2D eigenvalue weighted by molar-refractivity contribution is 7.09. The maximum Gasteiger partial charge on any atom is 0.407 e. The van der Waals surface area contributed by atoms with Crippen molar-refractivity contribution in [3.05, 3.63) is 104 Å². The third-order valence-corrected chi connectivity index (χ3v) is 10.9. The number of hydrogen-bond donors (Lipinski definition) is 2. The standard InChI is InChI=1S/C38H47N5O5S2/c1-26(2)36-40-31(24-49-36)21-42(3)38(47)43-22-32(44)19-34(43)35(45)18-29(16-27-10-6-4-7-11-27)14-15-30(17-28-12-8-5-9-13-28)41-37(46)48-23-33-20-39-25-50-33/h4-13,20,24-26,29-30,32,34,44H,14-19,21-23H2,1-3H3,(H,41,46)/t29-,30-,32+,34-/m0/s1.